The molecule has 13 heteroatoms. The van der Waals surface area contributed by atoms with Crippen molar-refractivity contribution in [3.05, 3.63) is 0 Å². The number of hydrogen-bond acceptors (Lipinski definition) is 8. The number of likely N-dealkylation sites (tertiary alicyclic amines) is 1. The minimum absolute atomic E-state index is 0.0903. The zero-order valence-electron chi connectivity index (χ0n) is 27.9. The lowest BCUT2D eigenvalue weighted by Crippen LogP contribution is -2.62. The third-order valence-electron chi connectivity index (χ3n) is 9.95. The Hall–Kier alpha value is -2.38. The molecule has 2 aliphatic carbocycles. The lowest BCUT2D eigenvalue weighted by molar-refractivity contribution is -0.145. The summed E-state index contributed by atoms with van der Waals surface area (Å²) < 4.78 is 4.38. The van der Waals surface area contributed by atoms with Crippen molar-refractivity contribution in [1.29, 1.82) is 0 Å². The number of amides is 5. The molecule has 6 atom stereocenters. The van der Waals surface area contributed by atoms with Gasteiger partial charge in [-0.15, -0.1) is 0 Å². The molecule has 2 unspecified atom stereocenters. The van der Waals surface area contributed by atoms with Gasteiger partial charge in [0.15, 0.2) is 0 Å². The van der Waals surface area contributed by atoms with Crippen molar-refractivity contribution in [2.24, 2.45) is 39.7 Å². The second-order valence-corrected chi connectivity index (χ2v) is 17.3. The minimum atomic E-state index is -1.08. The van der Waals surface area contributed by atoms with Gasteiger partial charge in [0, 0.05) is 44.4 Å². The second kappa shape index (κ2) is 12.4. The molecule has 0 bridgehead atoms. The van der Waals surface area contributed by atoms with E-state index in [1.165, 1.54) is 0 Å². The van der Waals surface area contributed by atoms with Crippen LogP contribution < -0.4 is 21.7 Å². The Morgan fingerprint density at radius 2 is 1.59 bits per heavy atom. The Bertz CT molecular complexity index is 1160. The highest BCUT2D eigenvalue weighted by atomic mass is 32.2. The van der Waals surface area contributed by atoms with Crippen LogP contribution in [0.4, 0.5) is 4.79 Å². The number of nitrogens with zero attached hydrogens (tertiary/aromatic N) is 3. The first-order chi connectivity index (χ1) is 20.2. The number of hydrogen-bond donors (Lipinski definition) is 4. The van der Waals surface area contributed by atoms with Crippen LogP contribution in [-0.2, 0) is 19.2 Å². The fraction of sp³-hybridized carbons (Fsp3) is 0.839. The monoisotopic (exact) mass is 635 g/mol. The van der Waals surface area contributed by atoms with Gasteiger partial charge in [-0.05, 0) is 47.5 Å². The van der Waals surface area contributed by atoms with Crippen LogP contribution >= 0.6 is 12.1 Å². The summed E-state index contributed by atoms with van der Waals surface area (Å²) in [6, 6.07) is -3.33. The summed E-state index contributed by atoms with van der Waals surface area (Å²) in [5.41, 5.74) is 4.27. The minimum Gasteiger partial charge on any atom is -0.363 e. The molecule has 4 fully saturated rings. The van der Waals surface area contributed by atoms with Crippen LogP contribution in [0.1, 0.15) is 74.7 Å². The number of piperidine rings is 1. The van der Waals surface area contributed by atoms with E-state index in [1.54, 1.807) is 17.0 Å². The summed E-state index contributed by atoms with van der Waals surface area (Å²) in [4.78, 5) is 67.6. The van der Waals surface area contributed by atoms with Crippen molar-refractivity contribution in [2.45, 2.75) is 98.8 Å². The van der Waals surface area contributed by atoms with E-state index < -0.39 is 47.2 Å². The van der Waals surface area contributed by atoms with Crippen LogP contribution in [0.3, 0.4) is 0 Å². The second-order valence-electron chi connectivity index (χ2n) is 16.0. The van der Waals surface area contributed by atoms with Gasteiger partial charge < -0.3 is 26.6 Å². The van der Waals surface area contributed by atoms with Crippen LogP contribution in [0.2, 0.25) is 0 Å². The first-order valence-corrected chi connectivity index (χ1v) is 16.6. The number of rotatable bonds is 11. The SMILES string of the molecule is CN1CCN(C[C@@H](NC(=O)N[C@H](C(=O)N2C[C@H]3C([C@H]2C(=O)NC(CC2CC2)C(=O)C(N)=O)C3(C)C)C(C)(C)C)C(C)(C)C)S1. The number of carbonyl (C=O) groups excluding carboxylic acids is 5. The number of nitrogens with two attached hydrogens (primary N) is 1. The fourth-order valence-electron chi connectivity index (χ4n) is 6.70. The lowest BCUT2D eigenvalue weighted by atomic mass is 9.85. The van der Waals surface area contributed by atoms with Crippen LogP contribution in [0.25, 0.3) is 0 Å². The summed E-state index contributed by atoms with van der Waals surface area (Å²) in [6.07, 6.45) is 2.24. The van der Waals surface area contributed by atoms with E-state index in [2.05, 4.69) is 59.2 Å². The molecule has 4 rings (SSSR count). The van der Waals surface area contributed by atoms with E-state index in [0.717, 1.165) is 25.9 Å². The highest BCUT2D eigenvalue weighted by Gasteiger charge is 2.70. The fourth-order valence-corrected chi connectivity index (χ4v) is 7.64. The summed E-state index contributed by atoms with van der Waals surface area (Å²) in [5.74, 6) is -2.38. The Kier molecular flexibility index (Phi) is 9.74. The zero-order chi connectivity index (χ0) is 32.9. The maximum Gasteiger partial charge on any atom is 0.315 e. The Morgan fingerprint density at radius 1 is 0.955 bits per heavy atom. The number of fused-ring (bicyclic) bond motifs is 1. The molecular formula is C31H53N7O5S. The Morgan fingerprint density at radius 3 is 2.09 bits per heavy atom. The third-order valence-corrected chi connectivity index (χ3v) is 11.0. The summed E-state index contributed by atoms with van der Waals surface area (Å²) in [6.45, 7) is 18.9. The number of primary amides is 1. The number of Topliss-reactive ketones (excluding diaryl/α,β-unsaturated/α-hetero) is 1. The molecule has 0 aromatic heterocycles. The summed E-state index contributed by atoms with van der Waals surface area (Å²) in [7, 11) is 2.04. The zero-order valence-corrected chi connectivity index (χ0v) is 28.7. The number of likely N-dealkylation sites (N-methyl/N-ethyl adjacent to an activating group) is 1. The van der Waals surface area contributed by atoms with Crippen molar-refractivity contribution >= 4 is 41.7 Å². The van der Waals surface area contributed by atoms with E-state index in [-0.39, 0.29) is 40.5 Å². The third kappa shape index (κ3) is 7.70. The molecule has 5 amide bonds. The molecule has 2 saturated heterocycles. The smallest absolute Gasteiger partial charge is 0.315 e. The van der Waals surface area contributed by atoms with E-state index in [1.807, 2.05) is 27.8 Å². The topological polar surface area (TPSA) is 157 Å². The number of nitrogens with one attached hydrogen (secondary N) is 3. The molecule has 0 aromatic carbocycles. The van der Waals surface area contributed by atoms with Gasteiger partial charge in [-0.2, -0.15) is 0 Å². The van der Waals surface area contributed by atoms with Crippen LogP contribution in [0.15, 0.2) is 0 Å². The van der Waals surface area contributed by atoms with Gasteiger partial charge in [0.1, 0.15) is 12.1 Å². The van der Waals surface area contributed by atoms with E-state index >= 15 is 0 Å². The molecule has 4 aliphatic rings. The van der Waals surface area contributed by atoms with Crippen LogP contribution in [0, 0.1) is 34.0 Å². The summed E-state index contributed by atoms with van der Waals surface area (Å²) in [5, 5.41) is 8.89. The van der Waals surface area contributed by atoms with Gasteiger partial charge in [0.05, 0.1) is 6.04 Å². The molecule has 44 heavy (non-hydrogen) atoms. The van der Waals surface area contributed by atoms with Gasteiger partial charge in [-0.3, -0.25) is 19.2 Å². The quantitative estimate of drug-likeness (QED) is 0.198. The van der Waals surface area contributed by atoms with E-state index in [0.29, 0.717) is 19.5 Å². The normalized spacial score (nSPS) is 27.2. The Labute approximate surface area is 266 Å². The average molecular weight is 636 g/mol. The largest absolute Gasteiger partial charge is 0.363 e. The van der Waals surface area contributed by atoms with Gasteiger partial charge in [-0.25, -0.2) is 13.4 Å². The van der Waals surface area contributed by atoms with Gasteiger partial charge >= 0.3 is 6.03 Å². The Balaban J connectivity index is 1.50. The van der Waals surface area contributed by atoms with Gasteiger partial charge in [0.25, 0.3) is 5.91 Å². The van der Waals surface area contributed by atoms with Crippen molar-refractivity contribution in [3.63, 3.8) is 0 Å². The van der Waals surface area contributed by atoms with Gasteiger partial charge in [-0.1, -0.05) is 68.2 Å². The van der Waals surface area contributed by atoms with Crippen molar-refractivity contribution in [1.82, 2.24) is 29.5 Å². The first kappa shape index (κ1) is 34.5. The van der Waals surface area contributed by atoms with Crippen LogP contribution in [-0.4, -0.2) is 100 Å². The molecule has 2 heterocycles. The van der Waals surface area contributed by atoms with E-state index in [9.17, 15) is 24.0 Å². The standard InChI is InChI=1S/C31H53N7O5S/c1-29(2,3)20(16-37-13-12-36(9)44-37)34-28(43)35-24(30(4,5)6)27(42)38-15-18-21(31(18,7)8)22(38)26(41)33-19(14-17-10-11-17)23(39)25(32)40/h17-22,24H,10-16H2,1-9H3,(H2,32,40)(H,33,41)(H2,34,35,43)/t18-,19?,20+,21?,22-,24+/m0/s1. The maximum absolute atomic E-state index is 14.3. The predicted molar refractivity (Wildman–Crippen MR) is 170 cm³/mol. The molecule has 12 nitrogen and oxygen atoms in total. The first-order valence-electron chi connectivity index (χ1n) is 15.9. The predicted octanol–water partition coefficient (Wildman–Crippen LogP) is 1.75. The molecule has 0 radical (unpaired) electrons. The number of urea groups is 1. The van der Waals surface area contributed by atoms with Crippen molar-refractivity contribution in [2.75, 3.05) is 33.2 Å². The van der Waals surface area contributed by atoms with E-state index in [4.69, 9.17) is 5.73 Å². The van der Waals surface area contributed by atoms with Crippen molar-refractivity contribution in [3.8, 4) is 0 Å². The number of ketones is 1. The number of carbonyl (C=O) groups is 5. The van der Waals surface area contributed by atoms with Gasteiger partial charge in [0.2, 0.25) is 17.6 Å². The molecule has 2 aliphatic heterocycles. The molecule has 248 valence electrons. The summed E-state index contributed by atoms with van der Waals surface area (Å²) >= 11 is 1.65. The molecule has 2 saturated carbocycles. The molecule has 5 N–H and O–H groups in total. The average Bonchev–Trinajstić information content (AvgIpc) is 3.66. The maximum atomic E-state index is 14.3. The molecule has 0 aromatic rings. The lowest BCUT2D eigenvalue weighted by Gasteiger charge is -2.39. The molecule has 0 spiro atoms. The highest BCUT2D eigenvalue weighted by Crippen LogP contribution is 2.65. The van der Waals surface area contributed by atoms with Crippen molar-refractivity contribution < 1.29 is 24.0 Å². The highest BCUT2D eigenvalue weighted by molar-refractivity contribution is 7.94. The van der Waals surface area contributed by atoms with Crippen LogP contribution in [0.5, 0.6) is 0 Å². The molecular weight excluding hydrogens is 582 g/mol.